The van der Waals surface area contributed by atoms with Crippen LogP contribution >= 0.6 is 0 Å². The molecule has 2 bridgehead atoms. The Balaban J connectivity index is 1.45. The zero-order valence-electron chi connectivity index (χ0n) is 21.6. The summed E-state index contributed by atoms with van der Waals surface area (Å²) in [4.78, 5) is 15.3. The van der Waals surface area contributed by atoms with E-state index < -0.39 is 5.91 Å². The molecule has 2 heterocycles. The van der Waals surface area contributed by atoms with Gasteiger partial charge in [-0.15, -0.1) is 10.2 Å². The van der Waals surface area contributed by atoms with E-state index in [2.05, 4.69) is 35.9 Å². The lowest BCUT2D eigenvalue weighted by molar-refractivity contribution is 0.0994. The van der Waals surface area contributed by atoms with E-state index in [9.17, 15) is 9.90 Å². The van der Waals surface area contributed by atoms with E-state index in [0.717, 1.165) is 23.9 Å². The number of ether oxygens (including phenoxy) is 2. The summed E-state index contributed by atoms with van der Waals surface area (Å²) >= 11 is 0. The molecule has 8 heteroatoms. The molecule has 8 nitrogen and oxygen atoms in total. The molecule has 0 spiro atoms. The van der Waals surface area contributed by atoms with Gasteiger partial charge in [0.25, 0.3) is 5.91 Å². The first-order valence-electron chi connectivity index (χ1n) is 12.4. The van der Waals surface area contributed by atoms with Crippen LogP contribution in [0.25, 0.3) is 10.9 Å². The van der Waals surface area contributed by atoms with Crippen molar-refractivity contribution in [3.05, 3.63) is 48.0 Å². The first-order valence-corrected chi connectivity index (χ1v) is 12.4. The Morgan fingerprint density at radius 3 is 2.58 bits per heavy atom. The van der Waals surface area contributed by atoms with Gasteiger partial charge in [0.2, 0.25) is 5.88 Å². The van der Waals surface area contributed by atoms with Gasteiger partial charge in [-0.2, -0.15) is 0 Å². The van der Waals surface area contributed by atoms with Crippen molar-refractivity contribution in [3.63, 3.8) is 0 Å². The number of rotatable bonds is 6. The fraction of sp³-hybridized carbons (Fsp3) is 0.464. The van der Waals surface area contributed by atoms with Gasteiger partial charge < -0.3 is 14.6 Å². The predicted octanol–water partition coefficient (Wildman–Crippen LogP) is 6.15. The number of aromatic nitrogens is 1. The zero-order valence-corrected chi connectivity index (χ0v) is 21.6. The normalized spacial score (nSPS) is 23.4. The molecular formula is C28H34N4O4. The number of aromatic hydroxyl groups is 1. The van der Waals surface area contributed by atoms with E-state index in [-0.39, 0.29) is 5.88 Å². The van der Waals surface area contributed by atoms with Gasteiger partial charge in [0.15, 0.2) is 17.2 Å². The maximum Gasteiger partial charge on any atom is 0.295 e. The van der Waals surface area contributed by atoms with Crippen molar-refractivity contribution >= 4 is 22.5 Å². The Kier molecular flexibility index (Phi) is 6.03. The molecule has 1 N–H and O–H groups in total. The lowest BCUT2D eigenvalue weighted by Crippen LogP contribution is -2.35. The molecule has 1 aliphatic carbocycles. The van der Waals surface area contributed by atoms with Crippen molar-refractivity contribution < 1.29 is 19.4 Å². The lowest BCUT2D eigenvalue weighted by Gasteiger charge is -2.40. The molecule has 3 aromatic rings. The standard InChI is InChI=1S/C28H34N4O4/c1-27(2)13-19-14-28(3,15-27)16-31(19)17-32-21-9-7-6-8-20(21)24(26(32)34)29-30-25(33)18-10-11-22(35-4)23(12-18)36-5/h6-12,19,34H,13-17H2,1-5H3/t19-,28-/m0/s1. The van der Waals surface area contributed by atoms with Crippen molar-refractivity contribution in [1.82, 2.24) is 9.47 Å². The van der Waals surface area contributed by atoms with Gasteiger partial charge in [0, 0.05) is 23.5 Å². The fourth-order valence-electron chi connectivity index (χ4n) is 6.56. The van der Waals surface area contributed by atoms with Crippen molar-refractivity contribution in [1.29, 1.82) is 0 Å². The molecule has 5 rings (SSSR count). The molecule has 1 amide bonds. The Morgan fingerprint density at radius 2 is 1.83 bits per heavy atom. The van der Waals surface area contributed by atoms with E-state index in [4.69, 9.17) is 9.47 Å². The fourth-order valence-corrected chi connectivity index (χ4v) is 6.56. The van der Waals surface area contributed by atoms with Gasteiger partial charge in [0.05, 0.1) is 26.4 Å². The number of azo groups is 1. The van der Waals surface area contributed by atoms with Gasteiger partial charge in [0.1, 0.15) is 0 Å². The van der Waals surface area contributed by atoms with Crippen LogP contribution in [0.5, 0.6) is 17.4 Å². The maximum absolute atomic E-state index is 12.8. The highest BCUT2D eigenvalue weighted by atomic mass is 16.5. The Morgan fingerprint density at radius 1 is 1.08 bits per heavy atom. The van der Waals surface area contributed by atoms with Crippen molar-refractivity contribution in [3.8, 4) is 17.4 Å². The lowest BCUT2D eigenvalue weighted by atomic mass is 9.65. The minimum Gasteiger partial charge on any atom is -0.493 e. The maximum atomic E-state index is 12.8. The number of hydrogen-bond donors (Lipinski definition) is 1. The number of likely N-dealkylation sites (tertiary alicyclic amines) is 1. The molecule has 1 saturated heterocycles. The molecule has 2 aromatic carbocycles. The second-order valence-corrected chi connectivity index (χ2v) is 11.3. The Hall–Kier alpha value is -3.39. The summed E-state index contributed by atoms with van der Waals surface area (Å²) in [5.74, 6) is 0.447. The van der Waals surface area contributed by atoms with Crippen molar-refractivity contribution in [2.75, 3.05) is 20.8 Å². The van der Waals surface area contributed by atoms with E-state index in [0.29, 0.717) is 46.3 Å². The largest absolute Gasteiger partial charge is 0.493 e. The Bertz CT molecular complexity index is 1340. The second-order valence-electron chi connectivity index (χ2n) is 11.3. The summed E-state index contributed by atoms with van der Waals surface area (Å²) in [6, 6.07) is 13.0. The predicted molar refractivity (Wildman–Crippen MR) is 138 cm³/mol. The van der Waals surface area contributed by atoms with E-state index >= 15 is 0 Å². The number of carbonyl (C=O) groups is 1. The number of methoxy groups -OCH3 is 2. The van der Waals surface area contributed by atoms with Gasteiger partial charge in [-0.3, -0.25) is 14.3 Å². The summed E-state index contributed by atoms with van der Waals surface area (Å²) in [6.45, 7) is 8.67. The van der Waals surface area contributed by atoms with Gasteiger partial charge in [-0.05, 0) is 54.4 Å². The van der Waals surface area contributed by atoms with Crippen LogP contribution in [0.1, 0.15) is 50.4 Å². The molecule has 2 aliphatic rings. The first-order chi connectivity index (χ1) is 17.1. The molecular weight excluding hydrogens is 456 g/mol. The number of para-hydroxylation sites is 1. The second kappa shape index (κ2) is 8.92. The highest BCUT2D eigenvalue weighted by Gasteiger charge is 2.49. The third-order valence-electron chi connectivity index (χ3n) is 7.63. The van der Waals surface area contributed by atoms with Crippen molar-refractivity contribution in [2.24, 2.45) is 21.1 Å². The smallest absolute Gasteiger partial charge is 0.295 e. The van der Waals surface area contributed by atoms with Crippen LogP contribution < -0.4 is 9.47 Å². The third-order valence-corrected chi connectivity index (χ3v) is 7.63. The summed E-state index contributed by atoms with van der Waals surface area (Å²) in [6.07, 6.45) is 3.54. The van der Waals surface area contributed by atoms with Crippen LogP contribution in [0.2, 0.25) is 0 Å². The first kappa shape index (κ1) is 24.3. The monoisotopic (exact) mass is 490 g/mol. The average molecular weight is 491 g/mol. The minimum atomic E-state index is -0.532. The van der Waals surface area contributed by atoms with Crippen LogP contribution in [0.15, 0.2) is 52.7 Å². The van der Waals surface area contributed by atoms with Crippen LogP contribution in [0.4, 0.5) is 5.69 Å². The molecule has 1 aliphatic heterocycles. The Labute approximate surface area is 211 Å². The van der Waals surface area contributed by atoms with Crippen LogP contribution in [0, 0.1) is 10.8 Å². The van der Waals surface area contributed by atoms with Crippen LogP contribution in [-0.4, -0.2) is 47.3 Å². The molecule has 1 saturated carbocycles. The quantitative estimate of drug-likeness (QED) is 0.419. The number of carbonyl (C=O) groups excluding carboxylic acids is 1. The summed E-state index contributed by atoms with van der Waals surface area (Å²) in [7, 11) is 3.05. The highest BCUT2D eigenvalue weighted by molar-refractivity contribution is 5.97. The summed E-state index contributed by atoms with van der Waals surface area (Å²) in [5, 5.41) is 20.2. The third kappa shape index (κ3) is 4.34. The summed E-state index contributed by atoms with van der Waals surface area (Å²) < 4.78 is 12.4. The van der Waals surface area contributed by atoms with Crippen LogP contribution in [-0.2, 0) is 6.67 Å². The molecule has 0 unspecified atom stereocenters. The molecule has 2 atom stereocenters. The number of fused-ring (bicyclic) bond motifs is 3. The van der Waals surface area contributed by atoms with Gasteiger partial charge in [-0.1, -0.05) is 39.0 Å². The molecule has 1 aromatic heterocycles. The molecule has 0 radical (unpaired) electrons. The topological polar surface area (TPSA) is 88.7 Å². The minimum absolute atomic E-state index is 0.0194. The van der Waals surface area contributed by atoms with E-state index in [1.807, 2.05) is 28.8 Å². The number of amides is 1. The van der Waals surface area contributed by atoms with Gasteiger partial charge in [-0.25, -0.2) is 0 Å². The zero-order chi connectivity index (χ0) is 25.7. The van der Waals surface area contributed by atoms with Crippen molar-refractivity contribution in [2.45, 2.75) is 52.7 Å². The highest BCUT2D eigenvalue weighted by Crippen LogP contribution is 2.53. The number of nitrogens with zero attached hydrogens (tertiary/aromatic N) is 4. The molecule has 190 valence electrons. The van der Waals surface area contributed by atoms with Crippen LogP contribution in [0.3, 0.4) is 0 Å². The van der Waals surface area contributed by atoms with E-state index in [1.165, 1.54) is 27.1 Å². The van der Waals surface area contributed by atoms with Gasteiger partial charge >= 0.3 is 0 Å². The SMILES string of the molecule is COc1ccc(C(=O)N=Nc2c(O)n(CN3C[C@@]4(C)C[C@@H]3CC(C)(C)C4)c3ccccc23)cc1OC. The number of benzene rings is 2. The molecule has 2 fully saturated rings. The average Bonchev–Trinajstić information content (AvgIpc) is 3.24. The number of hydrogen-bond acceptors (Lipinski definition) is 6. The summed E-state index contributed by atoms with van der Waals surface area (Å²) in [5.41, 5.74) is 2.09. The molecule has 36 heavy (non-hydrogen) atoms. The van der Waals surface area contributed by atoms with E-state index in [1.54, 1.807) is 18.2 Å².